The summed E-state index contributed by atoms with van der Waals surface area (Å²) in [7, 11) is -1.70. The van der Waals surface area contributed by atoms with E-state index in [1.54, 1.807) is 0 Å². The Morgan fingerprint density at radius 3 is 2.38 bits per heavy atom. The lowest BCUT2D eigenvalue weighted by molar-refractivity contribution is -0.0503. The van der Waals surface area contributed by atoms with E-state index >= 15 is 0 Å². The maximum Gasteiger partial charge on any atom is 0.261 e. The molecule has 1 fully saturated rings. The number of aromatic nitrogens is 2. The summed E-state index contributed by atoms with van der Waals surface area (Å²) >= 11 is 0. The van der Waals surface area contributed by atoms with Gasteiger partial charge in [0, 0.05) is 12.6 Å². The summed E-state index contributed by atoms with van der Waals surface area (Å²) in [4.78, 5) is 21.5. The van der Waals surface area contributed by atoms with Gasteiger partial charge in [-0.3, -0.25) is 9.35 Å². The molecule has 3 rings (SSSR count). The third kappa shape index (κ3) is 6.88. The molecule has 0 aliphatic carbocycles. The van der Waals surface area contributed by atoms with Crippen LogP contribution in [0, 0.1) is 13.8 Å². The van der Waals surface area contributed by atoms with Crippen LogP contribution >= 0.6 is 0 Å². The number of nitrogens with zero attached hydrogens (tertiary/aromatic N) is 3. The van der Waals surface area contributed by atoms with Crippen molar-refractivity contribution in [3.8, 4) is 0 Å². The highest BCUT2D eigenvalue weighted by atomic mass is 32.2. The average molecular weight is 422 g/mol. The normalized spacial score (nSPS) is 19.1. The van der Waals surface area contributed by atoms with Gasteiger partial charge in [-0.05, 0) is 38.7 Å². The number of carbonyl (C=O) groups excluding carboxylic acids is 1. The van der Waals surface area contributed by atoms with Crippen LogP contribution in [0.25, 0.3) is 0 Å². The SMILES string of the molecule is CS(=O)(=O)O.Cc1ccc([C@@H]2CCC[C@H](N(C)c3ncnc(C=O)c3C)O2)cc1. The number of ether oxygens (including phenoxy) is 1. The fourth-order valence-electron chi connectivity index (χ4n) is 3.18. The molecule has 2 aromatic rings. The predicted molar refractivity (Wildman–Crippen MR) is 111 cm³/mol. The van der Waals surface area contributed by atoms with Gasteiger partial charge in [0.2, 0.25) is 0 Å². The standard InChI is InChI=1S/C19H23N3O2.CH4O3S/c1-13-7-9-15(10-8-13)17-5-4-6-18(24-17)22(3)19-14(2)16(11-23)20-12-21-19;1-5(2,3)4/h7-12,17-18H,4-6H2,1-3H3;1H3,(H,2,3,4)/t17-,18+;/m0./s1. The van der Waals surface area contributed by atoms with Crippen molar-refractivity contribution in [3.05, 3.63) is 53.0 Å². The summed E-state index contributed by atoms with van der Waals surface area (Å²) in [6.45, 7) is 3.96. The maximum absolute atomic E-state index is 11.1. The van der Waals surface area contributed by atoms with Crippen LogP contribution in [0.4, 0.5) is 5.82 Å². The Balaban J connectivity index is 0.000000537. The average Bonchev–Trinajstić information content (AvgIpc) is 2.67. The quantitative estimate of drug-likeness (QED) is 0.592. The van der Waals surface area contributed by atoms with Gasteiger partial charge in [-0.15, -0.1) is 0 Å². The van der Waals surface area contributed by atoms with Crippen molar-refractivity contribution < 1.29 is 22.5 Å². The van der Waals surface area contributed by atoms with Crippen molar-refractivity contribution in [1.82, 2.24) is 9.97 Å². The highest BCUT2D eigenvalue weighted by Gasteiger charge is 2.28. The van der Waals surface area contributed by atoms with Crippen LogP contribution < -0.4 is 4.90 Å². The molecule has 0 radical (unpaired) electrons. The Morgan fingerprint density at radius 2 is 1.79 bits per heavy atom. The van der Waals surface area contributed by atoms with E-state index in [4.69, 9.17) is 9.29 Å². The Labute approximate surface area is 171 Å². The summed E-state index contributed by atoms with van der Waals surface area (Å²) in [6, 6.07) is 8.53. The van der Waals surface area contributed by atoms with Crippen LogP contribution in [0.3, 0.4) is 0 Å². The van der Waals surface area contributed by atoms with Gasteiger partial charge in [0.15, 0.2) is 6.29 Å². The van der Waals surface area contributed by atoms with E-state index < -0.39 is 10.1 Å². The third-order valence-electron chi connectivity index (χ3n) is 4.66. The third-order valence-corrected chi connectivity index (χ3v) is 4.66. The Kier molecular flexibility index (Phi) is 7.83. The van der Waals surface area contributed by atoms with Gasteiger partial charge in [0.25, 0.3) is 10.1 Å². The zero-order chi connectivity index (χ0) is 21.6. The minimum absolute atomic E-state index is 0.0573. The van der Waals surface area contributed by atoms with E-state index in [9.17, 15) is 13.2 Å². The number of hydrogen-bond acceptors (Lipinski definition) is 7. The molecule has 158 valence electrons. The molecule has 29 heavy (non-hydrogen) atoms. The summed E-state index contributed by atoms with van der Waals surface area (Å²) < 4.78 is 32.2. The second-order valence-electron chi connectivity index (χ2n) is 7.09. The smallest absolute Gasteiger partial charge is 0.261 e. The topological polar surface area (TPSA) is 110 Å². The Hall–Kier alpha value is -2.36. The zero-order valence-corrected chi connectivity index (χ0v) is 17.9. The molecule has 1 N–H and O–H groups in total. The van der Waals surface area contributed by atoms with Gasteiger partial charge < -0.3 is 9.64 Å². The monoisotopic (exact) mass is 421 g/mol. The first kappa shape index (κ1) is 22.9. The van der Waals surface area contributed by atoms with Crippen LogP contribution in [-0.4, -0.2) is 48.8 Å². The molecule has 8 nitrogen and oxygen atoms in total. The lowest BCUT2D eigenvalue weighted by Crippen LogP contribution is -2.38. The van der Waals surface area contributed by atoms with E-state index in [-0.39, 0.29) is 12.3 Å². The molecular formula is C20H27N3O5S. The molecule has 1 saturated heterocycles. The van der Waals surface area contributed by atoms with Crippen molar-refractivity contribution in [1.29, 1.82) is 0 Å². The van der Waals surface area contributed by atoms with Gasteiger partial charge in [0.1, 0.15) is 24.1 Å². The van der Waals surface area contributed by atoms with Crippen molar-refractivity contribution in [3.63, 3.8) is 0 Å². The lowest BCUT2D eigenvalue weighted by Gasteiger charge is -2.37. The van der Waals surface area contributed by atoms with Crippen LogP contribution in [0.2, 0.25) is 0 Å². The molecule has 2 atom stereocenters. The first-order valence-electron chi connectivity index (χ1n) is 9.24. The van der Waals surface area contributed by atoms with Crippen molar-refractivity contribution in [2.24, 2.45) is 0 Å². The van der Waals surface area contributed by atoms with Gasteiger partial charge in [-0.1, -0.05) is 29.8 Å². The van der Waals surface area contributed by atoms with Gasteiger partial charge in [-0.2, -0.15) is 8.42 Å². The molecule has 1 aliphatic heterocycles. The molecule has 0 unspecified atom stereocenters. The number of rotatable bonds is 4. The van der Waals surface area contributed by atoms with Crippen LogP contribution in [0.1, 0.15) is 52.5 Å². The largest absolute Gasteiger partial charge is 0.350 e. The molecule has 0 spiro atoms. The van der Waals surface area contributed by atoms with E-state index in [2.05, 4.69) is 41.2 Å². The molecule has 1 aromatic carbocycles. The number of hydrogen-bond donors (Lipinski definition) is 1. The minimum atomic E-state index is -3.67. The van der Waals surface area contributed by atoms with Crippen molar-refractivity contribution in [2.45, 2.75) is 45.4 Å². The molecule has 2 heterocycles. The number of carbonyl (C=O) groups is 1. The number of aldehydes is 1. The molecule has 9 heteroatoms. The Bertz CT molecular complexity index is 924. The minimum Gasteiger partial charge on any atom is -0.350 e. The first-order valence-corrected chi connectivity index (χ1v) is 11.1. The van der Waals surface area contributed by atoms with Crippen LogP contribution in [0.15, 0.2) is 30.6 Å². The van der Waals surface area contributed by atoms with Gasteiger partial charge in [0.05, 0.1) is 12.4 Å². The highest BCUT2D eigenvalue weighted by molar-refractivity contribution is 7.85. The Morgan fingerprint density at radius 1 is 1.17 bits per heavy atom. The van der Waals surface area contributed by atoms with E-state index in [0.717, 1.165) is 36.9 Å². The molecule has 0 amide bonds. The maximum atomic E-state index is 11.1. The summed E-state index contributed by atoms with van der Waals surface area (Å²) in [5.41, 5.74) is 3.68. The van der Waals surface area contributed by atoms with E-state index in [0.29, 0.717) is 11.9 Å². The number of anilines is 1. The lowest BCUT2D eigenvalue weighted by atomic mass is 9.99. The highest BCUT2D eigenvalue weighted by Crippen LogP contribution is 2.34. The number of benzene rings is 1. The second-order valence-corrected chi connectivity index (χ2v) is 8.56. The molecule has 0 bridgehead atoms. The first-order chi connectivity index (χ1) is 13.6. The fraction of sp³-hybridized carbons (Fsp3) is 0.450. The molecule has 0 saturated carbocycles. The van der Waals surface area contributed by atoms with E-state index in [1.165, 1.54) is 17.5 Å². The van der Waals surface area contributed by atoms with Gasteiger partial charge >= 0.3 is 0 Å². The van der Waals surface area contributed by atoms with Crippen molar-refractivity contribution in [2.75, 3.05) is 18.2 Å². The summed E-state index contributed by atoms with van der Waals surface area (Å²) in [5, 5.41) is 0. The summed E-state index contributed by atoms with van der Waals surface area (Å²) in [5.74, 6) is 0.752. The molecule has 1 aromatic heterocycles. The predicted octanol–water partition coefficient (Wildman–Crippen LogP) is 3.11. The van der Waals surface area contributed by atoms with Crippen LogP contribution in [-0.2, 0) is 14.9 Å². The summed E-state index contributed by atoms with van der Waals surface area (Å²) in [6.07, 6.45) is 6.02. The number of aryl methyl sites for hydroxylation is 1. The fourth-order valence-corrected chi connectivity index (χ4v) is 3.18. The van der Waals surface area contributed by atoms with E-state index in [1.807, 2.05) is 18.9 Å². The second kappa shape index (κ2) is 9.91. The van der Waals surface area contributed by atoms with Gasteiger partial charge in [-0.25, -0.2) is 9.97 Å². The van der Waals surface area contributed by atoms with Crippen molar-refractivity contribution >= 4 is 22.2 Å². The van der Waals surface area contributed by atoms with Crippen LogP contribution in [0.5, 0.6) is 0 Å². The molecule has 1 aliphatic rings. The zero-order valence-electron chi connectivity index (χ0n) is 17.1. The molecular weight excluding hydrogens is 394 g/mol.